The Morgan fingerprint density at radius 1 is 1.50 bits per heavy atom. The number of amides is 2. The highest BCUT2D eigenvalue weighted by Crippen LogP contribution is 2.31. The first kappa shape index (κ1) is 15.0. The molecule has 1 fully saturated rings. The highest BCUT2D eigenvalue weighted by atomic mass is 35.5. The SMILES string of the molecule is Cc1c(Cl)cccc1N1C[C@H](C(=O)Nc2nccs2)CC1=O. The molecule has 1 aliphatic rings. The van der Waals surface area contributed by atoms with Crippen LogP contribution in [0.15, 0.2) is 29.8 Å². The van der Waals surface area contributed by atoms with E-state index in [1.54, 1.807) is 28.6 Å². The zero-order valence-electron chi connectivity index (χ0n) is 11.9. The number of carbonyl (C=O) groups excluding carboxylic acids is 2. The second-order valence-electron chi connectivity index (χ2n) is 5.12. The molecule has 0 spiro atoms. The number of hydrogen-bond acceptors (Lipinski definition) is 4. The van der Waals surface area contributed by atoms with E-state index in [4.69, 9.17) is 11.6 Å². The van der Waals surface area contributed by atoms with Crippen LogP contribution in [0.25, 0.3) is 0 Å². The smallest absolute Gasteiger partial charge is 0.231 e. The second kappa shape index (κ2) is 6.06. The monoisotopic (exact) mass is 335 g/mol. The number of anilines is 2. The van der Waals surface area contributed by atoms with Gasteiger partial charge in [-0.05, 0) is 24.6 Å². The van der Waals surface area contributed by atoms with Crippen LogP contribution in [0.4, 0.5) is 10.8 Å². The molecule has 3 rings (SSSR count). The van der Waals surface area contributed by atoms with Gasteiger partial charge in [0.2, 0.25) is 11.8 Å². The molecular weight excluding hydrogens is 322 g/mol. The molecule has 114 valence electrons. The van der Waals surface area contributed by atoms with Crippen LogP contribution in [0.2, 0.25) is 5.02 Å². The summed E-state index contributed by atoms with van der Waals surface area (Å²) in [6.07, 6.45) is 1.82. The normalized spacial score (nSPS) is 17.8. The van der Waals surface area contributed by atoms with Gasteiger partial charge in [-0.2, -0.15) is 0 Å². The number of rotatable bonds is 3. The summed E-state index contributed by atoms with van der Waals surface area (Å²) in [5, 5.41) is 5.70. The molecule has 1 aromatic heterocycles. The molecule has 1 aliphatic heterocycles. The lowest BCUT2D eigenvalue weighted by molar-refractivity contribution is -0.122. The Kier molecular flexibility index (Phi) is 4.13. The molecule has 0 bridgehead atoms. The van der Waals surface area contributed by atoms with Gasteiger partial charge >= 0.3 is 0 Å². The first-order valence-electron chi connectivity index (χ1n) is 6.82. The van der Waals surface area contributed by atoms with Crippen LogP contribution in [-0.2, 0) is 9.59 Å². The van der Waals surface area contributed by atoms with Crippen LogP contribution >= 0.6 is 22.9 Å². The van der Waals surface area contributed by atoms with Crippen molar-refractivity contribution in [3.8, 4) is 0 Å². The van der Waals surface area contributed by atoms with Crippen LogP contribution in [0.3, 0.4) is 0 Å². The number of hydrogen-bond donors (Lipinski definition) is 1. The van der Waals surface area contributed by atoms with Crippen LogP contribution in [-0.4, -0.2) is 23.3 Å². The minimum absolute atomic E-state index is 0.0651. The lowest BCUT2D eigenvalue weighted by Gasteiger charge is -2.19. The van der Waals surface area contributed by atoms with Crippen molar-refractivity contribution in [2.24, 2.45) is 5.92 Å². The van der Waals surface area contributed by atoms with E-state index < -0.39 is 0 Å². The summed E-state index contributed by atoms with van der Waals surface area (Å²) in [6.45, 7) is 2.23. The number of carbonyl (C=O) groups is 2. The summed E-state index contributed by atoms with van der Waals surface area (Å²) in [5.74, 6) is -0.620. The molecular formula is C15H14ClN3O2S. The summed E-state index contributed by atoms with van der Waals surface area (Å²) < 4.78 is 0. The summed E-state index contributed by atoms with van der Waals surface area (Å²) in [7, 11) is 0. The molecule has 7 heteroatoms. The maximum Gasteiger partial charge on any atom is 0.231 e. The third-order valence-corrected chi connectivity index (χ3v) is 4.79. The largest absolute Gasteiger partial charge is 0.311 e. The van der Waals surface area contributed by atoms with E-state index in [2.05, 4.69) is 10.3 Å². The average Bonchev–Trinajstić information content (AvgIpc) is 3.12. The summed E-state index contributed by atoms with van der Waals surface area (Å²) >= 11 is 7.46. The predicted octanol–water partition coefficient (Wildman–Crippen LogP) is 3.10. The van der Waals surface area contributed by atoms with Gasteiger partial charge in [0, 0.05) is 35.3 Å². The van der Waals surface area contributed by atoms with Gasteiger partial charge in [-0.15, -0.1) is 11.3 Å². The number of halogens is 1. The lowest BCUT2D eigenvalue weighted by Crippen LogP contribution is -2.28. The van der Waals surface area contributed by atoms with E-state index in [0.29, 0.717) is 16.7 Å². The molecule has 2 amide bonds. The van der Waals surface area contributed by atoms with Crippen molar-refractivity contribution in [2.75, 3.05) is 16.8 Å². The number of aromatic nitrogens is 1. The van der Waals surface area contributed by atoms with E-state index in [0.717, 1.165) is 11.3 Å². The molecule has 1 saturated heterocycles. The first-order chi connectivity index (χ1) is 10.6. The van der Waals surface area contributed by atoms with Crippen molar-refractivity contribution in [3.05, 3.63) is 40.4 Å². The molecule has 1 aromatic carbocycles. The van der Waals surface area contributed by atoms with Crippen molar-refractivity contribution in [1.82, 2.24) is 4.98 Å². The van der Waals surface area contributed by atoms with E-state index in [-0.39, 0.29) is 24.2 Å². The molecule has 5 nitrogen and oxygen atoms in total. The summed E-state index contributed by atoms with van der Waals surface area (Å²) in [4.78, 5) is 30.1. The fourth-order valence-corrected chi connectivity index (χ4v) is 3.20. The zero-order valence-corrected chi connectivity index (χ0v) is 13.4. The highest BCUT2D eigenvalue weighted by Gasteiger charge is 2.36. The Morgan fingerprint density at radius 3 is 3.05 bits per heavy atom. The second-order valence-corrected chi connectivity index (χ2v) is 6.42. The Balaban J connectivity index is 1.75. The van der Waals surface area contributed by atoms with Gasteiger partial charge < -0.3 is 10.2 Å². The third-order valence-electron chi connectivity index (χ3n) is 3.69. The predicted molar refractivity (Wildman–Crippen MR) is 87.4 cm³/mol. The van der Waals surface area contributed by atoms with Crippen LogP contribution < -0.4 is 10.2 Å². The van der Waals surface area contributed by atoms with Gasteiger partial charge in [0.1, 0.15) is 0 Å². The third kappa shape index (κ3) is 2.84. The molecule has 0 aliphatic carbocycles. The van der Waals surface area contributed by atoms with Gasteiger partial charge in [-0.3, -0.25) is 9.59 Å². The van der Waals surface area contributed by atoms with Crippen LogP contribution in [0.5, 0.6) is 0 Å². The van der Waals surface area contributed by atoms with Gasteiger partial charge in [0.05, 0.1) is 5.92 Å². The fraction of sp³-hybridized carbons (Fsp3) is 0.267. The number of nitrogens with zero attached hydrogens (tertiary/aromatic N) is 2. The summed E-state index contributed by atoms with van der Waals surface area (Å²) in [6, 6.07) is 5.44. The number of thiazole rings is 1. The lowest BCUT2D eigenvalue weighted by atomic mass is 10.1. The van der Waals surface area contributed by atoms with Crippen molar-refractivity contribution >= 4 is 45.6 Å². The molecule has 0 unspecified atom stereocenters. The number of benzene rings is 1. The Morgan fingerprint density at radius 2 is 2.32 bits per heavy atom. The maximum atomic E-state index is 12.2. The van der Waals surface area contributed by atoms with Gasteiger partial charge in [0.25, 0.3) is 0 Å². The fourth-order valence-electron chi connectivity index (χ4n) is 2.50. The van der Waals surface area contributed by atoms with Crippen LogP contribution in [0, 0.1) is 12.8 Å². The van der Waals surface area contributed by atoms with Crippen molar-refractivity contribution in [2.45, 2.75) is 13.3 Å². The molecule has 0 saturated carbocycles. The minimum atomic E-state index is -0.380. The topological polar surface area (TPSA) is 62.3 Å². The van der Waals surface area contributed by atoms with Gasteiger partial charge in [-0.25, -0.2) is 4.98 Å². The first-order valence-corrected chi connectivity index (χ1v) is 8.08. The van der Waals surface area contributed by atoms with Crippen LogP contribution in [0.1, 0.15) is 12.0 Å². The maximum absolute atomic E-state index is 12.2. The van der Waals surface area contributed by atoms with E-state index in [1.807, 2.05) is 13.0 Å². The molecule has 0 radical (unpaired) electrons. The molecule has 2 aromatic rings. The van der Waals surface area contributed by atoms with Crippen molar-refractivity contribution in [3.63, 3.8) is 0 Å². The average molecular weight is 336 g/mol. The van der Waals surface area contributed by atoms with E-state index >= 15 is 0 Å². The standard InChI is InChI=1S/C15H14ClN3O2S/c1-9-11(16)3-2-4-12(9)19-8-10(7-13(19)20)14(21)18-15-17-5-6-22-15/h2-6,10H,7-8H2,1H3,(H,17,18,21)/t10-/m1/s1. The van der Waals surface area contributed by atoms with Gasteiger partial charge in [0.15, 0.2) is 5.13 Å². The highest BCUT2D eigenvalue weighted by molar-refractivity contribution is 7.13. The number of nitrogens with one attached hydrogen (secondary N) is 1. The molecule has 2 heterocycles. The van der Waals surface area contributed by atoms with Crippen molar-refractivity contribution < 1.29 is 9.59 Å². The quantitative estimate of drug-likeness (QED) is 0.937. The van der Waals surface area contributed by atoms with E-state index in [1.165, 1.54) is 11.3 Å². The van der Waals surface area contributed by atoms with Gasteiger partial charge in [-0.1, -0.05) is 17.7 Å². The Hall–Kier alpha value is -1.92. The summed E-state index contributed by atoms with van der Waals surface area (Å²) in [5.41, 5.74) is 1.61. The zero-order chi connectivity index (χ0) is 15.7. The Labute approximate surface area is 136 Å². The van der Waals surface area contributed by atoms with Crippen molar-refractivity contribution in [1.29, 1.82) is 0 Å². The Bertz CT molecular complexity index is 718. The molecule has 22 heavy (non-hydrogen) atoms. The minimum Gasteiger partial charge on any atom is -0.311 e. The molecule has 1 N–H and O–H groups in total. The molecule has 1 atom stereocenters. The van der Waals surface area contributed by atoms with E-state index in [9.17, 15) is 9.59 Å².